The molecule has 0 saturated carbocycles. The fraction of sp³-hybridized carbons (Fsp3) is 0.286. The third-order valence-corrected chi connectivity index (χ3v) is 5.28. The van der Waals surface area contributed by atoms with Crippen LogP contribution in [0.2, 0.25) is 5.02 Å². The zero-order valence-corrected chi connectivity index (χ0v) is 17.7. The van der Waals surface area contributed by atoms with E-state index in [-0.39, 0.29) is 6.54 Å². The third kappa shape index (κ3) is 3.96. The van der Waals surface area contributed by atoms with Crippen LogP contribution in [0.3, 0.4) is 0 Å². The van der Waals surface area contributed by atoms with Crippen LogP contribution in [0, 0.1) is 6.92 Å². The monoisotopic (exact) mass is 441 g/mol. The van der Waals surface area contributed by atoms with Crippen LogP contribution in [0.1, 0.15) is 12.5 Å². The minimum Gasteiger partial charge on any atom is -0.494 e. The van der Waals surface area contributed by atoms with Crippen molar-refractivity contribution in [2.45, 2.75) is 25.9 Å². The van der Waals surface area contributed by atoms with Crippen LogP contribution in [-0.4, -0.2) is 48.0 Å². The molecule has 0 radical (unpaired) electrons. The van der Waals surface area contributed by atoms with E-state index >= 15 is 0 Å². The summed E-state index contributed by atoms with van der Waals surface area (Å²) in [5.74, 6) is -0.749. The van der Waals surface area contributed by atoms with Gasteiger partial charge in [-0.3, -0.25) is 19.4 Å². The smallest absolute Gasteiger partial charge is 0.263 e. The lowest BCUT2D eigenvalue weighted by molar-refractivity contribution is -0.123. The maximum Gasteiger partial charge on any atom is 0.263 e. The van der Waals surface area contributed by atoms with Gasteiger partial charge in [0.25, 0.3) is 11.8 Å². The van der Waals surface area contributed by atoms with Gasteiger partial charge in [0.15, 0.2) is 12.1 Å². The van der Waals surface area contributed by atoms with Gasteiger partial charge in [-0.1, -0.05) is 22.9 Å². The highest BCUT2D eigenvalue weighted by molar-refractivity contribution is 6.33. The number of hydrogen-bond donors (Lipinski definition) is 1. The van der Waals surface area contributed by atoms with E-state index in [2.05, 4.69) is 15.7 Å². The van der Waals surface area contributed by atoms with Gasteiger partial charge in [0, 0.05) is 0 Å². The minimum absolute atomic E-state index is 0.245. The summed E-state index contributed by atoms with van der Waals surface area (Å²) >= 11 is 6.15. The van der Waals surface area contributed by atoms with Gasteiger partial charge in [-0.2, -0.15) is 5.11 Å². The van der Waals surface area contributed by atoms with E-state index in [0.29, 0.717) is 28.8 Å². The molecule has 0 aromatic heterocycles. The number of carbonyl (C=O) groups is 3. The standard InChI is InChI=1S/C21H20ClN5O4/c1-3-31-14-7-5-13(6-8-14)27-20(29)18-19(21(27)30)26(25-24-18)11-17(28)23-16-9-4-12(2)10-15(16)22/h4-10,18-19H,3,11H2,1-2H3,(H,23,28)/t18-,19+/m0/s1. The molecule has 10 heteroatoms. The van der Waals surface area contributed by atoms with E-state index in [9.17, 15) is 14.4 Å². The Morgan fingerprint density at radius 2 is 1.90 bits per heavy atom. The first kappa shape index (κ1) is 20.8. The third-order valence-electron chi connectivity index (χ3n) is 4.97. The molecule has 2 aliphatic rings. The van der Waals surface area contributed by atoms with Crippen molar-refractivity contribution in [3.05, 3.63) is 53.1 Å². The van der Waals surface area contributed by atoms with E-state index in [1.54, 1.807) is 36.4 Å². The second-order valence-electron chi connectivity index (χ2n) is 7.16. The Bertz CT molecular complexity index is 1070. The number of halogens is 1. The number of aryl methyl sites for hydroxylation is 1. The van der Waals surface area contributed by atoms with E-state index in [0.717, 1.165) is 10.5 Å². The molecule has 1 N–H and O–H groups in total. The van der Waals surface area contributed by atoms with Crippen LogP contribution in [-0.2, 0) is 14.4 Å². The maximum absolute atomic E-state index is 13.0. The Kier molecular flexibility index (Phi) is 5.60. The maximum atomic E-state index is 13.0. The van der Waals surface area contributed by atoms with Gasteiger partial charge in [0.2, 0.25) is 5.91 Å². The lowest BCUT2D eigenvalue weighted by Gasteiger charge is -2.20. The molecule has 2 aromatic carbocycles. The van der Waals surface area contributed by atoms with Gasteiger partial charge < -0.3 is 10.1 Å². The molecule has 0 bridgehead atoms. The fourth-order valence-corrected chi connectivity index (χ4v) is 3.81. The van der Waals surface area contributed by atoms with Crippen molar-refractivity contribution < 1.29 is 19.1 Å². The summed E-state index contributed by atoms with van der Waals surface area (Å²) in [5.41, 5.74) is 1.83. The molecule has 1 fully saturated rings. The van der Waals surface area contributed by atoms with Gasteiger partial charge >= 0.3 is 0 Å². The molecule has 0 aliphatic carbocycles. The van der Waals surface area contributed by atoms with Gasteiger partial charge in [0.1, 0.15) is 12.3 Å². The summed E-state index contributed by atoms with van der Waals surface area (Å²) in [5, 5.41) is 12.1. The zero-order valence-electron chi connectivity index (χ0n) is 16.9. The molecule has 4 rings (SSSR count). The average molecular weight is 442 g/mol. The molecule has 3 amide bonds. The average Bonchev–Trinajstić information content (AvgIpc) is 3.25. The van der Waals surface area contributed by atoms with Crippen molar-refractivity contribution in [3.63, 3.8) is 0 Å². The molecule has 2 aromatic rings. The van der Waals surface area contributed by atoms with Crippen LogP contribution in [0.5, 0.6) is 5.75 Å². The first-order chi connectivity index (χ1) is 14.9. The molecule has 2 aliphatic heterocycles. The predicted molar refractivity (Wildman–Crippen MR) is 114 cm³/mol. The molecule has 160 valence electrons. The van der Waals surface area contributed by atoms with E-state index < -0.39 is 29.8 Å². The van der Waals surface area contributed by atoms with Crippen molar-refractivity contribution in [2.24, 2.45) is 10.3 Å². The number of nitrogens with zero attached hydrogens (tertiary/aromatic N) is 4. The van der Waals surface area contributed by atoms with Crippen LogP contribution < -0.4 is 15.0 Å². The number of imide groups is 1. The lowest BCUT2D eigenvalue weighted by Crippen LogP contribution is -2.43. The highest BCUT2D eigenvalue weighted by atomic mass is 35.5. The molecule has 0 spiro atoms. The minimum atomic E-state index is -0.977. The van der Waals surface area contributed by atoms with E-state index in [1.165, 1.54) is 5.01 Å². The van der Waals surface area contributed by atoms with Crippen molar-refractivity contribution in [1.82, 2.24) is 5.01 Å². The van der Waals surface area contributed by atoms with Crippen molar-refractivity contribution in [2.75, 3.05) is 23.4 Å². The van der Waals surface area contributed by atoms with E-state index in [1.807, 2.05) is 19.9 Å². The predicted octanol–water partition coefficient (Wildman–Crippen LogP) is 2.98. The number of nitrogens with one attached hydrogen (secondary N) is 1. The van der Waals surface area contributed by atoms with Gasteiger partial charge in [-0.05, 0) is 55.8 Å². The highest BCUT2D eigenvalue weighted by Crippen LogP contribution is 2.32. The Morgan fingerprint density at radius 1 is 1.16 bits per heavy atom. The molecular weight excluding hydrogens is 422 g/mol. The van der Waals surface area contributed by atoms with Gasteiger partial charge in [-0.15, -0.1) is 0 Å². The summed E-state index contributed by atoms with van der Waals surface area (Å²) in [4.78, 5) is 39.4. The number of ether oxygens (including phenoxy) is 1. The number of rotatable bonds is 6. The van der Waals surface area contributed by atoms with Crippen LogP contribution in [0.15, 0.2) is 52.8 Å². The highest BCUT2D eigenvalue weighted by Gasteiger charge is 2.55. The Hall–Kier alpha value is -3.46. The van der Waals surface area contributed by atoms with Crippen LogP contribution >= 0.6 is 11.6 Å². The van der Waals surface area contributed by atoms with Gasteiger partial charge in [-0.25, -0.2) is 4.90 Å². The Balaban J connectivity index is 1.47. The first-order valence-electron chi connectivity index (χ1n) is 9.73. The number of anilines is 2. The summed E-state index contributed by atoms with van der Waals surface area (Å²) in [6.07, 6.45) is 0. The van der Waals surface area contributed by atoms with E-state index in [4.69, 9.17) is 16.3 Å². The normalized spacial score (nSPS) is 19.7. The summed E-state index contributed by atoms with van der Waals surface area (Å²) < 4.78 is 5.39. The topological polar surface area (TPSA) is 104 Å². The molecule has 9 nitrogen and oxygen atoms in total. The SMILES string of the molecule is CCOc1ccc(N2C(=O)[C@H]3N=NN(CC(=O)Nc4ccc(C)cc4Cl)[C@H]3C2=O)cc1. The number of amides is 3. The van der Waals surface area contributed by atoms with Crippen molar-refractivity contribution in [1.29, 1.82) is 0 Å². The Morgan fingerprint density at radius 3 is 2.58 bits per heavy atom. The summed E-state index contributed by atoms with van der Waals surface area (Å²) in [6.45, 7) is 4.02. The quantitative estimate of drug-likeness (QED) is 0.694. The van der Waals surface area contributed by atoms with Crippen LogP contribution in [0.25, 0.3) is 0 Å². The number of fused-ring (bicyclic) bond motifs is 1. The largest absolute Gasteiger partial charge is 0.494 e. The number of benzene rings is 2. The molecular formula is C21H20ClN5O4. The first-order valence-corrected chi connectivity index (χ1v) is 10.1. The molecule has 1 saturated heterocycles. The van der Waals surface area contributed by atoms with Crippen molar-refractivity contribution >= 4 is 40.7 Å². The van der Waals surface area contributed by atoms with Crippen molar-refractivity contribution in [3.8, 4) is 5.75 Å². The molecule has 2 heterocycles. The molecule has 31 heavy (non-hydrogen) atoms. The Labute approximate surface area is 183 Å². The lowest BCUT2D eigenvalue weighted by atomic mass is 10.1. The second kappa shape index (κ2) is 8.35. The summed E-state index contributed by atoms with van der Waals surface area (Å²) in [6, 6.07) is 9.95. The van der Waals surface area contributed by atoms with Gasteiger partial charge in [0.05, 0.1) is 23.0 Å². The second-order valence-corrected chi connectivity index (χ2v) is 7.57. The number of hydrogen-bond acceptors (Lipinski definition) is 7. The molecule has 2 atom stereocenters. The number of carbonyl (C=O) groups excluding carboxylic acids is 3. The molecule has 0 unspecified atom stereocenters. The summed E-state index contributed by atoms with van der Waals surface area (Å²) in [7, 11) is 0. The zero-order chi connectivity index (χ0) is 22.1. The fourth-order valence-electron chi connectivity index (χ4n) is 3.52. The van der Waals surface area contributed by atoms with Crippen LogP contribution in [0.4, 0.5) is 11.4 Å².